The van der Waals surface area contributed by atoms with Gasteiger partial charge < -0.3 is 9.47 Å². The molecule has 5 rings (SSSR count). The Labute approximate surface area is 209 Å². The van der Waals surface area contributed by atoms with Crippen LogP contribution in [0.5, 0.6) is 0 Å². The van der Waals surface area contributed by atoms with Crippen LogP contribution in [0.2, 0.25) is 5.02 Å². The van der Waals surface area contributed by atoms with E-state index < -0.39 is 0 Å². The second kappa shape index (κ2) is 8.97. The third kappa shape index (κ3) is 4.15. The molecule has 1 aliphatic heterocycles. The number of hydrogen-bond donors (Lipinski definition) is 0. The van der Waals surface area contributed by atoms with Gasteiger partial charge in [-0.05, 0) is 35.4 Å². The number of rotatable bonds is 6. The van der Waals surface area contributed by atoms with Gasteiger partial charge in [0.2, 0.25) is 0 Å². The maximum absolute atomic E-state index is 13.1. The average Bonchev–Trinajstić information content (AvgIpc) is 3.25. The minimum absolute atomic E-state index is 0.0732. The van der Waals surface area contributed by atoms with E-state index in [-0.39, 0.29) is 11.2 Å². The molecule has 1 aromatic heterocycles. The molecule has 0 saturated heterocycles. The van der Waals surface area contributed by atoms with Crippen molar-refractivity contribution in [3.63, 3.8) is 0 Å². The summed E-state index contributed by atoms with van der Waals surface area (Å²) in [6.07, 6.45) is 1.80. The fourth-order valence-corrected chi connectivity index (χ4v) is 5.70. The number of nitrogens with zero attached hydrogens (tertiary/aromatic N) is 3. The van der Waals surface area contributed by atoms with Gasteiger partial charge >= 0.3 is 0 Å². The first kappa shape index (κ1) is 22.8. The van der Waals surface area contributed by atoms with Gasteiger partial charge in [-0.2, -0.15) is 0 Å². The largest absolute Gasteiger partial charge is 0.347 e. The molecule has 0 fully saturated rings. The molecular weight excluding hydrogens is 462 g/mol. The van der Waals surface area contributed by atoms with Crippen molar-refractivity contribution in [3.05, 3.63) is 101 Å². The summed E-state index contributed by atoms with van der Waals surface area (Å²) in [4.78, 5) is 20.1. The summed E-state index contributed by atoms with van der Waals surface area (Å²) in [5, 5.41) is 1.47. The van der Waals surface area contributed by atoms with E-state index in [1.807, 2.05) is 49.5 Å². The molecule has 0 saturated carbocycles. The van der Waals surface area contributed by atoms with E-state index in [1.165, 1.54) is 22.9 Å². The third-order valence-electron chi connectivity index (χ3n) is 6.44. The number of para-hydroxylation sites is 1. The summed E-state index contributed by atoms with van der Waals surface area (Å²) < 4.78 is 2.16. The Bertz CT molecular complexity index is 1410. The molecule has 1 aliphatic rings. The summed E-state index contributed by atoms with van der Waals surface area (Å²) in [6.45, 7) is 5.02. The van der Waals surface area contributed by atoms with E-state index in [4.69, 9.17) is 16.6 Å². The fraction of sp³-hybridized carbons (Fsp3) is 0.214. The monoisotopic (exact) mass is 487 g/mol. The smallest absolute Gasteiger partial charge is 0.169 e. The zero-order valence-corrected chi connectivity index (χ0v) is 21.0. The SMILES string of the molecule is CN1C(=CC(=O)CSc2nc3cc(Cl)ccc3n2Cc2ccccc2)C(C)(C)c2ccccc21. The lowest BCUT2D eigenvalue weighted by atomic mass is 9.83. The van der Waals surface area contributed by atoms with Crippen molar-refractivity contribution >= 4 is 45.9 Å². The van der Waals surface area contributed by atoms with Gasteiger partial charge in [0.15, 0.2) is 10.9 Å². The molecule has 6 heteroatoms. The van der Waals surface area contributed by atoms with Crippen molar-refractivity contribution in [2.75, 3.05) is 17.7 Å². The fourth-order valence-electron chi connectivity index (χ4n) is 4.70. The number of benzene rings is 3. The Balaban J connectivity index is 1.41. The van der Waals surface area contributed by atoms with Crippen molar-refractivity contribution in [2.45, 2.75) is 31.0 Å². The van der Waals surface area contributed by atoms with Crippen molar-refractivity contribution in [1.29, 1.82) is 0 Å². The van der Waals surface area contributed by atoms with Crippen LogP contribution in [0.15, 0.2) is 89.7 Å². The molecule has 0 bridgehead atoms. The molecule has 2 heterocycles. The summed E-state index contributed by atoms with van der Waals surface area (Å²) in [7, 11) is 2.03. The number of fused-ring (bicyclic) bond motifs is 2. The Morgan fingerprint density at radius 1 is 1.06 bits per heavy atom. The highest BCUT2D eigenvalue weighted by Crippen LogP contribution is 2.46. The van der Waals surface area contributed by atoms with Gasteiger partial charge in [-0.15, -0.1) is 0 Å². The normalized spacial score (nSPS) is 15.8. The molecular formula is C28H26ClN3OS. The predicted octanol–water partition coefficient (Wildman–Crippen LogP) is 6.71. The minimum Gasteiger partial charge on any atom is -0.347 e. The van der Waals surface area contributed by atoms with Crippen LogP contribution in [0.25, 0.3) is 11.0 Å². The number of allylic oxidation sites excluding steroid dienone is 2. The van der Waals surface area contributed by atoms with Crippen molar-refractivity contribution in [3.8, 4) is 0 Å². The number of carbonyl (C=O) groups excluding carboxylic acids is 1. The Hall–Kier alpha value is -3.02. The standard InChI is InChI=1S/C28H26ClN3OS/c1-28(2)22-11-7-8-12-24(22)31(3)26(28)16-21(33)18-34-27-30-23-15-20(29)13-14-25(23)32(27)17-19-9-5-4-6-10-19/h4-16H,17-18H2,1-3H3. The molecule has 172 valence electrons. The zero-order chi connectivity index (χ0) is 23.9. The Kier molecular flexibility index (Phi) is 6.00. The molecule has 0 amide bonds. The molecule has 0 atom stereocenters. The van der Waals surface area contributed by atoms with Crippen molar-refractivity contribution in [2.24, 2.45) is 0 Å². The zero-order valence-electron chi connectivity index (χ0n) is 19.5. The number of halogens is 1. The number of hydrogen-bond acceptors (Lipinski definition) is 4. The summed E-state index contributed by atoms with van der Waals surface area (Å²) in [5.74, 6) is 0.388. The van der Waals surface area contributed by atoms with E-state index in [2.05, 4.69) is 53.6 Å². The van der Waals surface area contributed by atoms with Crippen molar-refractivity contribution in [1.82, 2.24) is 9.55 Å². The minimum atomic E-state index is -0.219. The lowest BCUT2D eigenvalue weighted by Gasteiger charge is -2.23. The van der Waals surface area contributed by atoms with E-state index in [0.717, 1.165) is 27.6 Å². The number of carbonyl (C=O) groups is 1. The number of likely N-dealkylation sites (N-methyl/N-ethyl adjacent to an activating group) is 1. The van der Waals surface area contributed by atoms with Crippen LogP contribution < -0.4 is 4.90 Å². The van der Waals surface area contributed by atoms with Crippen molar-refractivity contribution < 1.29 is 4.79 Å². The molecule has 0 N–H and O–H groups in total. The lowest BCUT2D eigenvalue weighted by Crippen LogP contribution is -2.24. The van der Waals surface area contributed by atoms with Crippen LogP contribution in [0.4, 0.5) is 5.69 Å². The first-order valence-electron chi connectivity index (χ1n) is 11.3. The summed E-state index contributed by atoms with van der Waals surface area (Å²) in [5.41, 5.74) is 6.22. The molecule has 0 radical (unpaired) electrons. The quantitative estimate of drug-likeness (QED) is 0.224. The molecule has 0 spiro atoms. The molecule has 4 nitrogen and oxygen atoms in total. The molecule has 4 aromatic rings. The predicted molar refractivity (Wildman–Crippen MR) is 142 cm³/mol. The van der Waals surface area contributed by atoms with Crippen LogP contribution >= 0.6 is 23.4 Å². The highest BCUT2D eigenvalue weighted by Gasteiger charge is 2.38. The Morgan fingerprint density at radius 3 is 2.56 bits per heavy atom. The molecule has 3 aromatic carbocycles. The first-order chi connectivity index (χ1) is 16.3. The third-order valence-corrected chi connectivity index (χ3v) is 7.67. The number of thioether (sulfide) groups is 1. The van der Waals surface area contributed by atoms with Gasteiger partial charge in [0.25, 0.3) is 0 Å². The summed E-state index contributed by atoms with van der Waals surface area (Å²) in [6, 6.07) is 24.4. The van der Waals surface area contributed by atoms with Crippen LogP contribution in [-0.2, 0) is 16.8 Å². The second-order valence-electron chi connectivity index (χ2n) is 9.08. The summed E-state index contributed by atoms with van der Waals surface area (Å²) >= 11 is 7.69. The number of anilines is 1. The average molecular weight is 488 g/mol. The Morgan fingerprint density at radius 2 is 1.79 bits per heavy atom. The molecule has 34 heavy (non-hydrogen) atoms. The van der Waals surface area contributed by atoms with Gasteiger partial charge in [0.1, 0.15) is 0 Å². The van der Waals surface area contributed by atoms with Gasteiger partial charge in [-0.1, -0.05) is 85.7 Å². The maximum atomic E-state index is 13.1. The second-order valence-corrected chi connectivity index (χ2v) is 10.5. The van der Waals surface area contributed by atoms with E-state index in [9.17, 15) is 4.79 Å². The van der Waals surface area contributed by atoms with E-state index in [0.29, 0.717) is 17.3 Å². The maximum Gasteiger partial charge on any atom is 0.169 e. The number of imidazole rings is 1. The van der Waals surface area contributed by atoms with Gasteiger partial charge in [0, 0.05) is 34.9 Å². The van der Waals surface area contributed by atoms with Gasteiger partial charge in [-0.3, -0.25) is 4.79 Å². The van der Waals surface area contributed by atoms with Crippen LogP contribution in [0.1, 0.15) is 25.0 Å². The highest BCUT2D eigenvalue weighted by atomic mass is 35.5. The van der Waals surface area contributed by atoms with Crippen LogP contribution in [-0.4, -0.2) is 28.1 Å². The molecule has 0 unspecified atom stereocenters. The van der Waals surface area contributed by atoms with E-state index >= 15 is 0 Å². The van der Waals surface area contributed by atoms with Gasteiger partial charge in [0.05, 0.1) is 23.3 Å². The first-order valence-corrected chi connectivity index (χ1v) is 12.6. The topological polar surface area (TPSA) is 38.1 Å². The van der Waals surface area contributed by atoms with E-state index in [1.54, 1.807) is 6.08 Å². The van der Waals surface area contributed by atoms with Gasteiger partial charge in [-0.25, -0.2) is 4.98 Å². The molecule has 0 aliphatic carbocycles. The number of ketones is 1. The van der Waals surface area contributed by atoms with Crippen LogP contribution in [0.3, 0.4) is 0 Å². The number of aromatic nitrogens is 2. The highest BCUT2D eigenvalue weighted by molar-refractivity contribution is 7.99. The van der Waals surface area contributed by atoms with Crippen LogP contribution in [0, 0.1) is 0 Å². The lowest BCUT2D eigenvalue weighted by molar-refractivity contribution is -0.112.